The summed E-state index contributed by atoms with van der Waals surface area (Å²) in [7, 11) is 0. The molecule has 0 spiro atoms. The zero-order valence-corrected chi connectivity index (χ0v) is 17.7. The third-order valence-electron chi connectivity index (χ3n) is 4.89. The Hall–Kier alpha value is -2.70. The first-order valence-corrected chi connectivity index (χ1v) is 10.2. The molecule has 0 unspecified atom stereocenters. The van der Waals surface area contributed by atoms with Crippen LogP contribution in [0.4, 0.5) is 0 Å². The fourth-order valence-electron chi connectivity index (χ4n) is 3.45. The van der Waals surface area contributed by atoms with Crippen molar-refractivity contribution in [1.82, 2.24) is 15.2 Å². The molecule has 1 heterocycles. The number of aromatic nitrogens is 1. The number of nitrogens with one attached hydrogen (secondary N) is 2. The van der Waals surface area contributed by atoms with Gasteiger partial charge >= 0.3 is 0 Å². The minimum absolute atomic E-state index is 0.0737. The van der Waals surface area contributed by atoms with Gasteiger partial charge in [0.1, 0.15) is 0 Å². The summed E-state index contributed by atoms with van der Waals surface area (Å²) in [6, 6.07) is 16.1. The Morgan fingerprint density at radius 2 is 1.93 bits per heavy atom. The predicted molar refractivity (Wildman–Crippen MR) is 122 cm³/mol. The maximum Gasteiger partial charge on any atom is 0.253 e. The van der Waals surface area contributed by atoms with E-state index in [2.05, 4.69) is 22.4 Å². The van der Waals surface area contributed by atoms with E-state index in [0.717, 1.165) is 27.6 Å². The zero-order chi connectivity index (χ0) is 20.8. The van der Waals surface area contributed by atoms with Gasteiger partial charge in [-0.3, -0.25) is 4.79 Å². The molecule has 152 valence electrons. The van der Waals surface area contributed by atoms with Crippen LogP contribution in [0.2, 0.25) is 0 Å². The third kappa shape index (κ3) is 5.43. The fraction of sp³-hybridized carbons (Fsp3) is 0.304. The van der Waals surface area contributed by atoms with Crippen LogP contribution in [0, 0.1) is 13.8 Å². The van der Waals surface area contributed by atoms with Crippen molar-refractivity contribution < 1.29 is 5.11 Å². The fourth-order valence-corrected chi connectivity index (χ4v) is 3.68. The summed E-state index contributed by atoms with van der Waals surface area (Å²) in [4.78, 5) is 17.6. The predicted octanol–water partition coefficient (Wildman–Crippen LogP) is 3.40. The van der Waals surface area contributed by atoms with E-state index in [-0.39, 0.29) is 12.2 Å². The lowest BCUT2D eigenvalue weighted by Gasteiger charge is -2.26. The minimum atomic E-state index is -0.107. The number of aryl methyl sites for hydroxylation is 2. The molecule has 0 aliphatic carbocycles. The molecule has 3 aromatic rings. The SMILES string of the molecule is Cc1cc(C)c2[nH]c(=O)c(CN(CCCO)C(=S)NCc3ccccc3)cc2c1. The van der Waals surface area contributed by atoms with E-state index in [1.54, 1.807) is 0 Å². The van der Waals surface area contributed by atoms with Gasteiger partial charge in [0.15, 0.2) is 5.11 Å². The van der Waals surface area contributed by atoms with Crippen LogP contribution in [0.25, 0.3) is 10.9 Å². The average molecular weight is 410 g/mol. The molecule has 2 aromatic carbocycles. The average Bonchev–Trinajstić information content (AvgIpc) is 2.71. The number of nitrogens with zero attached hydrogens (tertiary/aromatic N) is 1. The summed E-state index contributed by atoms with van der Waals surface area (Å²) in [5, 5.41) is 14.1. The largest absolute Gasteiger partial charge is 0.396 e. The minimum Gasteiger partial charge on any atom is -0.396 e. The van der Waals surface area contributed by atoms with Crippen molar-refractivity contribution >= 4 is 28.2 Å². The Bertz CT molecular complexity index is 1050. The van der Waals surface area contributed by atoms with Crippen LogP contribution in [0.3, 0.4) is 0 Å². The number of hydrogen-bond acceptors (Lipinski definition) is 3. The maximum absolute atomic E-state index is 12.7. The van der Waals surface area contributed by atoms with Crippen molar-refractivity contribution in [2.24, 2.45) is 0 Å². The first-order chi connectivity index (χ1) is 14.0. The molecule has 0 radical (unpaired) electrons. The standard InChI is InChI=1S/C23H27N3O2S/c1-16-11-17(2)21-19(12-16)13-20(22(28)25-21)15-26(9-6-10-27)23(29)24-14-18-7-4-3-5-8-18/h3-5,7-8,11-13,27H,6,9-10,14-15H2,1-2H3,(H,24,29)(H,25,28). The van der Waals surface area contributed by atoms with Crippen LogP contribution < -0.4 is 10.9 Å². The molecular formula is C23H27N3O2S. The van der Waals surface area contributed by atoms with Crippen molar-refractivity contribution in [3.8, 4) is 0 Å². The topological polar surface area (TPSA) is 68.4 Å². The normalized spacial score (nSPS) is 10.9. The maximum atomic E-state index is 12.7. The molecule has 0 amide bonds. The number of aliphatic hydroxyl groups excluding tert-OH is 1. The lowest BCUT2D eigenvalue weighted by Crippen LogP contribution is -2.40. The van der Waals surface area contributed by atoms with Gasteiger partial charge in [-0.25, -0.2) is 0 Å². The van der Waals surface area contributed by atoms with Gasteiger partial charge in [-0.2, -0.15) is 0 Å². The quantitative estimate of drug-likeness (QED) is 0.522. The lowest BCUT2D eigenvalue weighted by atomic mass is 10.1. The molecule has 5 nitrogen and oxygen atoms in total. The molecule has 1 aromatic heterocycles. The summed E-state index contributed by atoms with van der Waals surface area (Å²) in [5.74, 6) is 0. The number of benzene rings is 2. The van der Waals surface area contributed by atoms with Crippen LogP contribution in [-0.4, -0.2) is 33.3 Å². The van der Waals surface area contributed by atoms with Gasteiger partial charge in [-0.05, 0) is 61.1 Å². The van der Waals surface area contributed by atoms with Crippen molar-refractivity contribution in [3.05, 3.63) is 81.1 Å². The number of aromatic amines is 1. The van der Waals surface area contributed by atoms with Gasteiger partial charge in [-0.1, -0.05) is 42.0 Å². The van der Waals surface area contributed by atoms with Gasteiger partial charge in [0, 0.05) is 25.3 Å². The Balaban J connectivity index is 1.81. The molecule has 0 bridgehead atoms. The number of rotatable bonds is 7. The molecule has 6 heteroatoms. The monoisotopic (exact) mass is 409 g/mol. The highest BCUT2D eigenvalue weighted by atomic mass is 32.1. The number of thiocarbonyl (C=S) groups is 1. The number of aliphatic hydroxyl groups is 1. The first kappa shape index (κ1) is 21.0. The highest BCUT2D eigenvalue weighted by molar-refractivity contribution is 7.80. The summed E-state index contributed by atoms with van der Waals surface area (Å²) in [6.45, 7) is 5.70. The number of H-pyrrole nitrogens is 1. The van der Waals surface area contributed by atoms with Crippen LogP contribution in [0.1, 0.15) is 28.7 Å². The second-order valence-electron chi connectivity index (χ2n) is 7.31. The highest BCUT2D eigenvalue weighted by Gasteiger charge is 2.14. The molecule has 0 saturated heterocycles. The number of hydrogen-bond donors (Lipinski definition) is 3. The Morgan fingerprint density at radius 1 is 1.17 bits per heavy atom. The van der Waals surface area contributed by atoms with Crippen LogP contribution in [0.5, 0.6) is 0 Å². The second-order valence-corrected chi connectivity index (χ2v) is 7.70. The van der Waals surface area contributed by atoms with E-state index < -0.39 is 0 Å². The summed E-state index contributed by atoms with van der Waals surface area (Å²) < 4.78 is 0. The molecule has 0 aliphatic rings. The molecule has 3 rings (SSSR count). The van der Waals surface area contributed by atoms with Gasteiger partial charge in [0.25, 0.3) is 5.56 Å². The molecule has 0 saturated carbocycles. The number of fused-ring (bicyclic) bond motifs is 1. The van der Waals surface area contributed by atoms with E-state index in [1.165, 1.54) is 0 Å². The van der Waals surface area contributed by atoms with E-state index in [4.69, 9.17) is 12.2 Å². The van der Waals surface area contributed by atoms with Crippen molar-refractivity contribution in [1.29, 1.82) is 0 Å². The Kier molecular flexibility index (Phi) is 7.01. The number of pyridine rings is 1. The summed E-state index contributed by atoms with van der Waals surface area (Å²) >= 11 is 5.59. The Labute approximate surface area is 176 Å². The van der Waals surface area contributed by atoms with Crippen molar-refractivity contribution in [3.63, 3.8) is 0 Å². The van der Waals surface area contributed by atoms with Gasteiger partial charge in [-0.15, -0.1) is 0 Å². The zero-order valence-electron chi connectivity index (χ0n) is 16.9. The second kappa shape index (κ2) is 9.67. The molecule has 0 aliphatic heterocycles. The highest BCUT2D eigenvalue weighted by Crippen LogP contribution is 2.18. The third-order valence-corrected chi connectivity index (χ3v) is 5.29. The first-order valence-electron chi connectivity index (χ1n) is 9.78. The molecular weight excluding hydrogens is 382 g/mol. The smallest absolute Gasteiger partial charge is 0.253 e. The van der Waals surface area contributed by atoms with E-state index in [0.29, 0.717) is 36.7 Å². The lowest BCUT2D eigenvalue weighted by molar-refractivity contribution is 0.264. The summed E-state index contributed by atoms with van der Waals surface area (Å²) in [5.41, 5.74) is 4.77. The van der Waals surface area contributed by atoms with Gasteiger partial charge < -0.3 is 20.3 Å². The van der Waals surface area contributed by atoms with Crippen molar-refractivity contribution in [2.45, 2.75) is 33.4 Å². The summed E-state index contributed by atoms with van der Waals surface area (Å²) in [6.07, 6.45) is 0.580. The van der Waals surface area contributed by atoms with Gasteiger partial charge in [0.2, 0.25) is 0 Å². The van der Waals surface area contributed by atoms with E-state index >= 15 is 0 Å². The van der Waals surface area contributed by atoms with E-state index in [1.807, 2.05) is 55.1 Å². The van der Waals surface area contributed by atoms with Crippen molar-refractivity contribution in [2.75, 3.05) is 13.2 Å². The van der Waals surface area contributed by atoms with Crippen LogP contribution >= 0.6 is 12.2 Å². The molecule has 29 heavy (non-hydrogen) atoms. The Morgan fingerprint density at radius 3 is 2.66 bits per heavy atom. The van der Waals surface area contributed by atoms with Crippen LogP contribution in [-0.2, 0) is 13.1 Å². The van der Waals surface area contributed by atoms with E-state index in [9.17, 15) is 9.90 Å². The molecule has 3 N–H and O–H groups in total. The van der Waals surface area contributed by atoms with Gasteiger partial charge in [0.05, 0.1) is 12.1 Å². The van der Waals surface area contributed by atoms with Crippen LogP contribution in [0.15, 0.2) is 53.3 Å². The molecule has 0 fully saturated rings. The molecule has 0 atom stereocenters.